The van der Waals surface area contributed by atoms with Crippen LogP contribution in [0.5, 0.6) is 0 Å². The van der Waals surface area contributed by atoms with Crippen molar-refractivity contribution in [3.05, 3.63) is 40.7 Å². The molecular formula is C12H10ClF2N3O2S. The second-order valence-electron chi connectivity index (χ2n) is 4.64. The lowest BCUT2D eigenvalue weighted by atomic mass is 10.1. The summed E-state index contributed by atoms with van der Waals surface area (Å²) in [6.45, 7) is 0. The molecule has 0 fully saturated rings. The number of nitrogens with zero attached hydrogens (tertiary/aromatic N) is 3. The molecule has 0 saturated carbocycles. The van der Waals surface area contributed by atoms with Crippen LogP contribution in [0.15, 0.2) is 29.4 Å². The Labute approximate surface area is 124 Å². The summed E-state index contributed by atoms with van der Waals surface area (Å²) in [7, 11) is -4.78. The van der Waals surface area contributed by atoms with Gasteiger partial charge in [0.25, 0.3) is 15.0 Å². The lowest BCUT2D eigenvalue weighted by Crippen LogP contribution is -2.15. The first-order valence-corrected chi connectivity index (χ1v) is 8.05. The first-order chi connectivity index (χ1) is 9.91. The van der Waals surface area contributed by atoms with Crippen LogP contribution < -0.4 is 0 Å². The molecule has 1 atom stereocenters. The van der Waals surface area contributed by atoms with Crippen LogP contribution in [0.1, 0.15) is 23.9 Å². The minimum atomic E-state index is -4.78. The zero-order chi connectivity index (χ0) is 15.2. The topological polar surface area (TPSA) is 64.8 Å². The van der Waals surface area contributed by atoms with E-state index < -0.39 is 20.8 Å². The zero-order valence-electron chi connectivity index (χ0n) is 10.6. The van der Waals surface area contributed by atoms with E-state index in [1.54, 1.807) is 24.3 Å². The van der Waals surface area contributed by atoms with Gasteiger partial charge in [0.15, 0.2) is 0 Å². The molecule has 1 aromatic heterocycles. The van der Waals surface area contributed by atoms with Gasteiger partial charge >= 0.3 is 5.76 Å². The highest BCUT2D eigenvalue weighted by Crippen LogP contribution is 2.34. The molecule has 0 radical (unpaired) electrons. The summed E-state index contributed by atoms with van der Waals surface area (Å²) >= 11 is 6.12. The molecule has 1 aliphatic heterocycles. The highest BCUT2D eigenvalue weighted by Gasteiger charge is 2.36. The van der Waals surface area contributed by atoms with E-state index in [0.29, 0.717) is 23.7 Å². The molecule has 0 aliphatic carbocycles. The maximum atomic E-state index is 12.5. The van der Waals surface area contributed by atoms with Crippen LogP contribution >= 0.6 is 11.6 Å². The van der Waals surface area contributed by atoms with Gasteiger partial charge in [0.2, 0.25) is 0 Å². The quantitative estimate of drug-likeness (QED) is 0.865. The van der Waals surface area contributed by atoms with Crippen LogP contribution in [-0.2, 0) is 16.3 Å². The third-order valence-electron chi connectivity index (χ3n) is 3.37. The molecule has 0 bridgehead atoms. The van der Waals surface area contributed by atoms with Crippen molar-refractivity contribution in [3.8, 4) is 0 Å². The van der Waals surface area contributed by atoms with E-state index in [1.165, 1.54) is 4.68 Å². The van der Waals surface area contributed by atoms with E-state index in [1.807, 2.05) is 0 Å². The van der Waals surface area contributed by atoms with Gasteiger partial charge in [0.1, 0.15) is 5.82 Å². The SMILES string of the molecule is O=S(=O)(c1nc2n(n1)[C@@H](c1ccccc1Cl)CC2)C(F)F. The van der Waals surface area contributed by atoms with Crippen LogP contribution in [0.4, 0.5) is 8.78 Å². The highest BCUT2D eigenvalue weighted by molar-refractivity contribution is 7.91. The molecule has 1 aliphatic rings. The van der Waals surface area contributed by atoms with Crippen LogP contribution in [-0.4, -0.2) is 28.9 Å². The number of aryl methyl sites for hydroxylation is 1. The van der Waals surface area contributed by atoms with Crippen molar-refractivity contribution in [2.45, 2.75) is 29.8 Å². The maximum absolute atomic E-state index is 12.5. The van der Waals surface area contributed by atoms with E-state index in [0.717, 1.165) is 5.56 Å². The fraction of sp³-hybridized carbons (Fsp3) is 0.333. The largest absolute Gasteiger partial charge is 0.344 e. The molecule has 2 heterocycles. The lowest BCUT2D eigenvalue weighted by molar-refractivity contribution is 0.233. The van der Waals surface area contributed by atoms with Gasteiger partial charge < -0.3 is 0 Å². The Morgan fingerprint density at radius 2 is 2.05 bits per heavy atom. The Kier molecular flexibility index (Phi) is 3.45. The molecule has 0 amide bonds. The molecule has 112 valence electrons. The summed E-state index contributed by atoms with van der Waals surface area (Å²) in [4.78, 5) is 3.73. The first-order valence-electron chi connectivity index (χ1n) is 6.13. The van der Waals surface area contributed by atoms with Crippen molar-refractivity contribution in [2.24, 2.45) is 0 Å². The summed E-state index contributed by atoms with van der Waals surface area (Å²) in [6.07, 6.45) is 1.11. The smallest absolute Gasteiger partial charge is 0.241 e. The van der Waals surface area contributed by atoms with Gasteiger partial charge in [0.05, 0.1) is 6.04 Å². The highest BCUT2D eigenvalue weighted by atomic mass is 35.5. The minimum Gasteiger partial charge on any atom is -0.241 e. The summed E-state index contributed by atoms with van der Waals surface area (Å²) in [5.74, 6) is -3.15. The molecule has 1 aromatic carbocycles. The van der Waals surface area contributed by atoms with Crippen molar-refractivity contribution in [3.63, 3.8) is 0 Å². The second kappa shape index (κ2) is 5.03. The van der Waals surface area contributed by atoms with E-state index in [-0.39, 0.29) is 6.04 Å². The molecule has 9 heteroatoms. The monoisotopic (exact) mass is 333 g/mol. The molecule has 3 rings (SSSR count). The van der Waals surface area contributed by atoms with E-state index in [9.17, 15) is 17.2 Å². The number of alkyl halides is 2. The van der Waals surface area contributed by atoms with Crippen molar-refractivity contribution < 1.29 is 17.2 Å². The summed E-state index contributed by atoms with van der Waals surface area (Å²) < 4.78 is 49.3. The average molecular weight is 334 g/mol. The van der Waals surface area contributed by atoms with Crippen molar-refractivity contribution >= 4 is 21.4 Å². The van der Waals surface area contributed by atoms with Crippen molar-refractivity contribution in [1.29, 1.82) is 0 Å². The van der Waals surface area contributed by atoms with E-state index in [4.69, 9.17) is 11.6 Å². The third-order valence-corrected chi connectivity index (χ3v) is 4.87. The maximum Gasteiger partial charge on any atom is 0.344 e. The van der Waals surface area contributed by atoms with Crippen LogP contribution in [0.3, 0.4) is 0 Å². The number of sulfone groups is 1. The van der Waals surface area contributed by atoms with Gasteiger partial charge in [-0.15, -0.1) is 5.10 Å². The van der Waals surface area contributed by atoms with E-state index >= 15 is 0 Å². The molecule has 0 unspecified atom stereocenters. The molecule has 0 saturated heterocycles. The number of aromatic nitrogens is 3. The standard InChI is InChI=1S/C12H10ClF2N3O2S/c13-8-4-2-1-3-7(8)9-5-6-10-16-12(17-18(9)10)21(19,20)11(14)15/h1-4,9,11H,5-6H2/t9-/m1/s1. The number of halogens is 3. The van der Waals surface area contributed by atoms with Crippen LogP contribution in [0, 0.1) is 0 Å². The van der Waals surface area contributed by atoms with Gasteiger partial charge in [-0.2, -0.15) is 8.78 Å². The van der Waals surface area contributed by atoms with Crippen LogP contribution in [0.25, 0.3) is 0 Å². The molecule has 0 N–H and O–H groups in total. The lowest BCUT2D eigenvalue weighted by Gasteiger charge is -2.13. The molecule has 21 heavy (non-hydrogen) atoms. The van der Waals surface area contributed by atoms with Crippen molar-refractivity contribution in [1.82, 2.24) is 14.8 Å². The predicted molar refractivity (Wildman–Crippen MR) is 71.1 cm³/mol. The fourth-order valence-corrected chi connectivity index (χ4v) is 3.23. The first kappa shape index (κ1) is 14.4. The minimum absolute atomic E-state index is 0.289. The molecule has 0 spiro atoms. The summed E-state index contributed by atoms with van der Waals surface area (Å²) in [5, 5.41) is 3.45. The van der Waals surface area contributed by atoms with Gasteiger partial charge in [-0.05, 0) is 18.1 Å². The van der Waals surface area contributed by atoms with Crippen LogP contribution in [0.2, 0.25) is 5.02 Å². The second-order valence-corrected chi connectivity index (χ2v) is 6.86. The molecule has 5 nitrogen and oxygen atoms in total. The Balaban J connectivity index is 2.04. The predicted octanol–water partition coefficient (Wildman–Crippen LogP) is 2.46. The Hall–Kier alpha value is -1.54. The van der Waals surface area contributed by atoms with Gasteiger partial charge in [-0.3, -0.25) is 0 Å². The van der Waals surface area contributed by atoms with Gasteiger partial charge in [0, 0.05) is 11.4 Å². The van der Waals surface area contributed by atoms with Gasteiger partial charge in [-0.25, -0.2) is 18.1 Å². The summed E-state index contributed by atoms with van der Waals surface area (Å²) in [5.41, 5.74) is 0.767. The Morgan fingerprint density at radius 1 is 1.33 bits per heavy atom. The summed E-state index contributed by atoms with van der Waals surface area (Å²) in [6, 6.07) is 6.79. The zero-order valence-corrected chi connectivity index (χ0v) is 12.2. The third kappa shape index (κ3) is 2.32. The Morgan fingerprint density at radius 3 is 2.71 bits per heavy atom. The van der Waals surface area contributed by atoms with Gasteiger partial charge in [-0.1, -0.05) is 29.8 Å². The fourth-order valence-electron chi connectivity index (χ4n) is 2.37. The van der Waals surface area contributed by atoms with E-state index in [2.05, 4.69) is 10.1 Å². The van der Waals surface area contributed by atoms with Crippen molar-refractivity contribution in [2.75, 3.05) is 0 Å². The number of benzene rings is 1. The number of hydrogen-bond acceptors (Lipinski definition) is 4. The average Bonchev–Trinajstić information content (AvgIpc) is 2.99. The number of fused-ring (bicyclic) bond motifs is 1. The molecular weight excluding hydrogens is 324 g/mol. The number of hydrogen-bond donors (Lipinski definition) is 0. The molecule has 2 aromatic rings. The number of rotatable bonds is 3. The Bertz CT molecular complexity index is 792. The normalized spacial score (nSPS) is 18.2.